The largest absolute Gasteiger partial charge is 0.336 e. The maximum absolute atomic E-state index is 12.5. The van der Waals surface area contributed by atoms with Crippen LogP contribution in [0.25, 0.3) is 0 Å². The Labute approximate surface area is 153 Å². The molecule has 2 aliphatic heterocycles. The van der Waals surface area contributed by atoms with E-state index in [4.69, 9.17) is 0 Å². The smallest absolute Gasteiger partial charge is 0.269 e. The molecule has 2 heterocycles. The molecule has 3 rings (SSSR count). The van der Waals surface area contributed by atoms with Crippen LogP contribution < -0.4 is 5.32 Å². The van der Waals surface area contributed by atoms with Crippen LogP contribution in [0.5, 0.6) is 0 Å². The van der Waals surface area contributed by atoms with Gasteiger partial charge in [0, 0.05) is 50.4 Å². The van der Waals surface area contributed by atoms with Gasteiger partial charge in [0.25, 0.3) is 11.6 Å². The van der Waals surface area contributed by atoms with E-state index in [9.17, 15) is 14.9 Å². The minimum atomic E-state index is -0.451. The number of hydrogen-bond acceptors (Lipinski definition) is 5. The quantitative estimate of drug-likeness (QED) is 0.647. The SMILES string of the molecule is Cl.O=C(c1ccc([N+](=O)[O-])cc1)N1CCN(CC2CCCNC2)CC1. The second kappa shape index (κ2) is 9.12. The first-order valence-electron chi connectivity index (χ1n) is 8.60. The molecule has 1 aromatic rings. The number of carbonyl (C=O) groups is 1. The fourth-order valence-corrected chi connectivity index (χ4v) is 3.49. The molecule has 1 N–H and O–H groups in total. The van der Waals surface area contributed by atoms with E-state index >= 15 is 0 Å². The van der Waals surface area contributed by atoms with Crippen LogP contribution in [0.2, 0.25) is 0 Å². The minimum Gasteiger partial charge on any atom is -0.336 e. The number of carbonyl (C=O) groups excluding carboxylic acids is 1. The fourth-order valence-electron chi connectivity index (χ4n) is 3.49. The van der Waals surface area contributed by atoms with Crippen molar-refractivity contribution in [1.82, 2.24) is 15.1 Å². The normalized spacial score (nSPS) is 21.4. The highest BCUT2D eigenvalue weighted by Crippen LogP contribution is 2.16. The van der Waals surface area contributed by atoms with Gasteiger partial charge in [-0.15, -0.1) is 12.4 Å². The Morgan fingerprint density at radius 3 is 2.44 bits per heavy atom. The van der Waals surface area contributed by atoms with Crippen LogP contribution in [-0.4, -0.2) is 66.4 Å². The van der Waals surface area contributed by atoms with Crippen LogP contribution in [0, 0.1) is 16.0 Å². The second-order valence-corrected chi connectivity index (χ2v) is 6.61. The summed E-state index contributed by atoms with van der Waals surface area (Å²) in [5, 5.41) is 14.1. The van der Waals surface area contributed by atoms with Gasteiger partial charge in [0.1, 0.15) is 0 Å². The highest BCUT2D eigenvalue weighted by Gasteiger charge is 2.24. The summed E-state index contributed by atoms with van der Waals surface area (Å²) in [4.78, 5) is 27.0. The Bertz CT molecular complexity index is 582. The van der Waals surface area contributed by atoms with Gasteiger partial charge in [-0.2, -0.15) is 0 Å². The zero-order chi connectivity index (χ0) is 16.9. The van der Waals surface area contributed by atoms with Crippen molar-refractivity contribution in [3.8, 4) is 0 Å². The summed E-state index contributed by atoms with van der Waals surface area (Å²) in [6, 6.07) is 5.86. The van der Waals surface area contributed by atoms with Crippen molar-refractivity contribution in [2.45, 2.75) is 12.8 Å². The standard InChI is InChI=1S/C17H24N4O3.ClH/c22-17(15-3-5-16(6-4-15)21(23)24)20-10-8-19(9-11-20)13-14-2-1-7-18-12-14;/h3-6,14,18H,1-2,7-13H2;1H. The molecular weight excluding hydrogens is 344 g/mol. The lowest BCUT2D eigenvalue weighted by Gasteiger charge is -2.37. The van der Waals surface area contributed by atoms with E-state index in [1.807, 2.05) is 4.90 Å². The van der Waals surface area contributed by atoms with E-state index in [0.717, 1.165) is 51.7 Å². The molecule has 0 bridgehead atoms. The molecule has 0 aliphatic carbocycles. The van der Waals surface area contributed by atoms with Gasteiger partial charge in [-0.25, -0.2) is 0 Å². The molecule has 1 unspecified atom stereocenters. The molecule has 2 aliphatic rings. The van der Waals surface area contributed by atoms with Crippen LogP contribution in [0.1, 0.15) is 23.2 Å². The molecule has 2 fully saturated rings. The van der Waals surface area contributed by atoms with Gasteiger partial charge in [-0.1, -0.05) is 0 Å². The van der Waals surface area contributed by atoms with Gasteiger partial charge in [0.2, 0.25) is 0 Å². The topological polar surface area (TPSA) is 78.7 Å². The first kappa shape index (κ1) is 19.6. The maximum Gasteiger partial charge on any atom is 0.269 e. The molecule has 0 saturated carbocycles. The van der Waals surface area contributed by atoms with Crippen LogP contribution in [-0.2, 0) is 0 Å². The maximum atomic E-state index is 12.5. The second-order valence-electron chi connectivity index (χ2n) is 6.61. The molecular formula is C17H25ClN4O3. The van der Waals surface area contributed by atoms with E-state index in [0.29, 0.717) is 5.56 Å². The number of nitro groups is 1. The first-order chi connectivity index (χ1) is 11.6. The lowest BCUT2D eigenvalue weighted by atomic mass is 9.99. The van der Waals surface area contributed by atoms with Crippen LogP contribution in [0.15, 0.2) is 24.3 Å². The molecule has 0 aromatic heterocycles. The molecule has 0 radical (unpaired) electrons. The third-order valence-electron chi connectivity index (χ3n) is 4.90. The number of nitrogens with one attached hydrogen (secondary N) is 1. The summed E-state index contributed by atoms with van der Waals surface area (Å²) in [7, 11) is 0. The fraction of sp³-hybridized carbons (Fsp3) is 0.588. The minimum absolute atomic E-state index is 0. The predicted molar refractivity (Wildman–Crippen MR) is 98.3 cm³/mol. The van der Waals surface area contributed by atoms with Crippen molar-refractivity contribution >= 4 is 24.0 Å². The summed E-state index contributed by atoms with van der Waals surface area (Å²) < 4.78 is 0. The number of piperazine rings is 1. The summed E-state index contributed by atoms with van der Waals surface area (Å²) in [6.45, 7) is 6.57. The van der Waals surface area contributed by atoms with Crippen molar-refractivity contribution in [3.63, 3.8) is 0 Å². The Hall–Kier alpha value is -1.70. The number of nitro benzene ring substituents is 1. The van der Waals surface area contributed by atoms with Crippen LogP contribution >= 0.6 is 12.4 Å². The molecule has 8 heteroatoms. The lowest BCUT2D eigenvalue weighted by molar-refractivity contribution is -0.384. The molecule has 7 nitrogen and oxygen atoms in total. The number of nitrogens with zero attached hydrogens (tertiary/aromatic N) is 3. The Balaban J connectivity index is 0.00000225. The van der Waals surface area contributed by atoms with Gasteiger partial charge in [0.05, 0.1) is 4.92 Å². The summed E-state index contributed by atoms with van der Waals surface area (Å²) in [5.74, 6) is 0.680. The van der Waals surface area contributed by atoms with E-state index in [2.05, 4.69) is 10.2 Å². The molecule has 1 atom stereocenters. The molecule has 138 valence electrons. The third-order valence-corrected chi connectivity index (χ3v) is 4.90. The van der Waals surface area contributed by atoms with Gasteiger partial charge in [0.15, 0.2) is 0 Å². The zero-order valence-corrected chi connectivity index (χ0v) is 15.0. The number of benzene rings is 1. The van der Waals surface area contributed by atoms with Crippen LogP contribution in [0.3, 0.4) is 0 Å². The van der Waals surface area contributed by atoms with E-state index in [1.165, 1.54) is 25.0 Å². The van der Waals surface area contributed by atoms with Crippen molar-refractivity contribution in [2.75, 3.05) is 45.8 Å². The summed E-state index contributed by atoms with van der Waals surface area (Å²) in [6.07, 6.45) is 2.54. The predicted octanol–water partition coefficient (Wildman–Crippen LogP) is 1.77. The third kappa shape index (κ3) is 5.14. The molecule has 1 amide bonds. The Kier molecular flexibility index (Phi) is 7.16. The number of rotatable bonds is 4. The van der Waals surface area contributed by atoms with Crippen molar-refractivity contribution in [2.24, 2.45) is 5.92 Å². The van der Waals surface area contributed by atoms with Gasteiger partial charge >= 0.3 is 0 Å². The van der Waals surface area contributed by atoms with Gasteiger partial charge < -0.3 is 10.2 Å². The lowest BCUT2D eigenvalue weighted by Crippen LogP contribution is -2.50. The molecule has 0 spiro atoms. The first-order valence-corrected chi connectivity index (χ1v) is 8.60. The monoisotopic (exact) mass is 368 g/mol. The van der Waals surface area contributed by atoms with Gasteiger partial charge in [-0.05, 0) is 44.0 Å². The highest BCUT2D eigenvalue weighted by atomic mass is 35.5. The molecule has 2 saturated heterocycles. The number of non-ortho nitro benzene ring substituents is 1. The summed E-state index contributed by atoms with van der Waals surface area (Å²) >= 11 is 0. The molecule has 1 aromatic carbocycles. The number of halogens is 1. The van der Waals surface area contributed by atoms with E-state index in [1.54, 1.807) is 12.1 Å². The molecule has 25 heavy (non-hydrogen) atoms. The number of hydrogen-bond donors (Lipinski definition) is 1. The Morgan fingerprint density at radius 1 is 1.20 bits per heavy atom. The average molecular weight is 369 g/mol. The van der Waals surface area contributed by atoms with Crippen molar-refractivity contribution < 1.29 is 9.72 Å². The number of amides is 1. The van der Waals surface area contributed by atoms with Crippen molar-refractivity contribution in [3.05, 3.63) is 39.9 Å². The highest BCUT2D eigenvalue weighted by molar-refractivity contribution is 5.94. The van der Waals surface area contributed by atoms with Crippen molar-refractivity contribution in [1.29, 1.82) is 0 Å². The Morgan fingerprint density at radius 2 is 1.88 bits per heavy atom. The average Bonchev–Trinajstić information content (AvgIpc) is 2.63. The number of piperidine rings is 1. The van der Waals surface area contributed by atoms with E-state index < -0.39 is 4.92 Å². The zero-order valence-electron chi connectivity index (χ0n) is 14.2. The summed E-state index contributed by atoms with van der Waals surface area (Å²) in [5.41, 5.74) is 0.531. The van der Waals surface area contributed by atoms with Crippen LogP contribution in [0.4, 0.5) is 5.69 Å². The van der Waals surface area contributed by atoms with Gasteiger partial charge in [-0.3, -0.25) is 19.8 Å². The van der Waals surface area contributed by atoms with E-state index in [-0.39, 0.29) is 24.0 Å².